The Labute approximate surface area is 119 Å². The van der Waals surface area contributed by atoms with Crippen LogP contribution in [0.2, 0.25) is 0 Å². The number of rotatable bonds is 5. The molecule has 0 saturated heterocycles. The van der Waals surface area contributed by atoms with Crippen LogP contribution in [0.1, 0.15) is 30.6 Å². The Balaban J connectivity index is 2.72. The third-order valence-electron chi connectivity index (χ3n) is 2.54. The van der Waals surface area contributed by atoms with E-state index in [2.05, 4.69) is 24.5 Å². The van der Waals surface area contributed by atoms with Gasteiger partial charge in [-0.2, -0.15) is 0 Å². The summed E-state index contributed by atoms with van der Waals surface area (Å²) < 4.78 is 5.66. The third-order valence-corrected chi connectivity index (χ3v) is 2.84. The van der Waals surface area contributed by atoms with Gasteiger partial charge in [0.1, 0.15) is 5.75 Å². The number of hydrogen-bond donors (Lipinski definition) is 2. The van der Waals surface area contributed by atoms with Gasteiger partial charge in [-0.1, -0.05) is 26.0 Å². The molecular weight excluding hydrogens is 260 g/mol. The molecule has 0 radical (unpaired) electrons. The molecule has 0 aromatic heterocycles. The van der Waals surface area contributed by atoms with E-state index in [1.807, 2.05) is 6.07 Å². The molecule has 4 nitrogen and oxygen atoms in total. The minimum absolute atomic E-state index is 0.264. The van der Waals surface area contributed by atoms with Crippen LogP contribution in [0.3, 0.4) is 0 Å². The second-order valence-corrected chi connectivity index (χ2v) is 4.97. The Morgan fingerprint density at radius 3 is 2.68 bits per heavy atom. The Hall–Kier alpha value is -1.62. The van der Waals surface area contributed by atoms with Crippen molar-refractivity contribution in [2.24, 2.45) is 5.92 Å². The predicted octanol–water partition coefficient (Wildman–Crippen LogP) is 2.35. The quantitative estimate of drug-likeness (QED) is 0.813. The Kier molecular flexibility index (Phi) is 6.29. The van der Waals surface area contributed by atoms with Crippen molar-refractivity contribution < 1.29 is 9.53 Å². The molecule has 0 heterocycles. The first-order chi connectivity index (χ1) is 9.04. The molecule has 104 valence electrons. The SMILES string of the molecule is CNC(=S)NC(=O)c1ccccc1OCCC(C)C. The van der Waals surface area contributed by atoms with E-state index in [0.29, 0.717) is 29.0 Å². The smallest absolute Gasteiger partial charge is 0.261 e. The average Bonchev–Trinajstić information content (AvgIpc) is 2.38. The second kappa shape index (κ2) is 7.74. The highest BCUT2D eigenvalue weighted by Gasteiger charge is 2.12. The summed E-state index contributed by atoms with van der Waals surface area (Å²) in [6, 6.07) is 7.15. The molecule has 0 unspecified atom stereocenters. The summed E-state index contributed by atoms with van der Waals surface area (Å²) in [5, 5.41) is 5.58. The summed E-state index contributed by atoms with van der Waals surface area (Å²) in [7, 11) is 1.66. The highest BCUT2D eigenvalue weighted by Crippen LogP contribution is 2.18. The standard InChI is InChI=1S/C14H20N2O2S/c1-10(2)8-9-18-12-7-5-4-6-11(12)13(17)16-14(19)15-3/h4-7,10H,8-9H2,1-3H3,(H2,15,16,17,19). The van der Waals surface area contributed by atoms with Crippen molar-refractivity contribution >= 4 is 23.2 Å². The van der Waals surface area contributed by atoms with Gasteiger partial charge in [0, 0.05) is 7.05 Å². The predicted molar refractivity (Wildman–Crippen MR) is 80.5 cm³/mol. The maximum Gasteiger partial charge on any atom is 0.261 e. The van der Waals surface area contributed by atoms with Crippen molar-refractivity contribution in [3.05, 3.63) is 29.8 Å². The van der Waals surface area contributed by atoms with Crippen molar-refractivity contribution in [2.75, 3.05) is 13.7 Å². The van der Waals surface area contributed by atoms with Crippen molar-refractivity contribution in [2.45, 2.75) is 20.3 Å². The molecule has 0 atom stereocenters. The molecular formula is C14H20N2O2S. The van der Waals surface area contributed by atoms with Crippen LogP contribution in [0.15, 0.2) is 24.3 Å². The number of benzene rings is 1. The summed E-state index contributed by atoms with van der Waals surface area (Å²) in [5.74, 6) is 0.886. The lowest BCUT2D eigenvalue weighted by atomic mass is 10.1. The largest absolute Gasteiger partial charge is 0.493 e. The molecule has 0 bridgehead atoms. The zero-order chi connectivity index (χ0) is 14.3. The highest BCUT2D eigenvalue weighted by atomic mass is 32.1. The first-order valence-corrected chi connectivity index (χ1v) is 6.70. The van der Waals surface area contributed by atoms with Crippen molar-refractivity contribution in [1.29, 1.82) is 0 Å². The average molecular weight is 280 g/mol. The lowest BCUT2D eigenvalue weighted by Crippen LogP contribution is -2.37. The number of hydrogen-bond acceptors (Lipinski definition) is 3. The van der Waals surface area contributed by atoms with Crippen LogP contribution >= 0.6 is 12.2 Å². The van der Waals surface area contributed by atoms with Gasteiger partial charge in [-0.3, -0.25) is 10.1 Å². The number of nitrogens with one attached hydrogen (secondary N) is 2. The third kappa shape index (κ3) is 5.26. The molecule has 0 aliphatic carbocycles. The van der Waals surface area contributed by atoms with E-state index in [0.717, 1.165) is 6.42 Å². The van der Waals surface area contributed by atoms with Gasteiger partial charge in [0.05, 0.1) is 12.2 Å². The molecule has 1 rings (SSSR count). The fourth-order valence-corrected chi connectivity index (χ4v) is 1.51. The molecule has 0 saturated carbocycles. The van der Waals surface area contributed by atoms with Crippen LogP contribution in [0.25, 0.3) is 0 Å². The van der Waals surface area contributed by atoms with E-state index in [9.17, 15) is 4.79 Å². The number of ether oxygens (including phenoxy) is 1. The highest BCUT2D eigenvalue weighted by molar-refractivity contribution is 7.80. The molecule has 0 aliphatic heterocycles. The molecule has 0 aliphatic rings. The van der Waals surface area contributed by atoms with Crippen molar-refractivity contribution in [3.63, 3.8) is 0 Å². The fourth-order valence-electron chi connectivity index (χ4n) is 1.42. The summed E-state index contributed by atoms with van der Waals surface area (Å²) >= 11 is 4.91. The van der Waals surface area contributed by atoms with Crippen LogP contribution in [-0.4, -0.2) is 24.7 Å². The zero-order valence-corrected chi connectivity index (χ0v) is 12.3. The number of thiocarbonyl (C=S) groups is 1. The van der Waals surface area contributed by atoms with Gasteiger partial charge in [0.15, 0.2) is 5.11 Å². The maximum absolute atomic E-state index is 12.0. The molecule has 0 spiro atoms. The summed E-state index contributed by atoms with van der Waals surface area (Å²) in [6.07, 6.45) is 0.949. The minimum atomic E-state index is -0.264. The van der Waals surface area contributed by atoms with Crippen LogP contribution < -0.4 is 15.4 Å². The number of carbonyl (C=O) groups is 1. The second-order valence-electron chi connectivity index (χ2n) is 4.56. The molecule has 1 amide bonds. The van der Waals surface area contributed by atoms with E-state index >= 15 is 0 Å². The molecule has 5 heteroatoms. The summed E-state index contributed by atoms with van der Waals surface area (Å²) in [6.45, 7) is 4.86. The maximum atomic E-state index is 12.0. The van der Waals surface area contributed by atoms with E-state index < -0.39 is 0 Å². The number of amides is 1. The van der Waals surface area contributed by atoms with Gasteiger partial charge in [-0.05, 0) is 36.7 Å². The van der Waals surface area contributed by atoms with Gasteiger partial charge < -0.3 is 10.1 Å². The van der Waals surface area contributed by atoms with Gasteiger partial charge in [0.2, 0.25) is 0 Å². The molecule has 1 aromatic rings. The molecule has 19 heavy (non-hydrogen) atoms. The topological polar surface area (TPSA) is 50.4 Å². The van der Waals surface area contributed by atoms with E-state index in [1.54, 1.807) is 25.2 Å². The Morgan fingerprint density at radius 2 is 2.05 bits per heavy atom. The van der Waals surface area contributed by atoms with Gasteiger partial charge >= 0.3 is 0 Å². The fraction of sp³-hybridized carbons (Fsp3) is 0.429. The van der Waals surface area contributed by atoms with E-state index in [-0.39, 0.29) is 5.91 Å². The molecule has 1 aromatic carbocycles. The lowest BCUT2D eigenvalue weighted by Gasteiger charge is -2.12. The van der Waals surface area contributed by atoms with E-state index in [4.69, 9.17) is 17.0 Å². The normalized spacial score (nSPS) is 10.1. The number of carbonyl (C=O) groups excluding carboxylic acids is 1. The van der Waals surface area contributed by atoms with Crippen LogP contribution in [0.5, 0.6) is 5.75 Å². The minimum Gasteiger partial charge on any atom is -0.493 e. The van der Waals surface area contributed by atoms with Crippen molar-refractivity contribution in [3.8, 4) is 5.75 Å². The first-order valence-electron chi connectivity index (χ1n) is 6.29. The Bertz CT molecular complexity index is 447. The van der Waals surface area contributed by atoms with Gasteiger partial charge in [0.25, 0.3) is 5.91 Å². The monoisotopic (exact) mass is 280 g/mol. The van der Waals surface area contributed by atoms with Gasteiger partial charge in [-0.15, -0.1) is 0 Å². The number of para-hydroxylation sites is 1. The summed E-state index contributed by atoms with van der Waals surface area (Å²) in [5.41, 5.74) is 0.490. The van der Waals surface area contributed by atoms with Crippen molar-refractivity contribution in [1.82, 2.24) is 10.6 Å². The van der Waals surface area contributed by atoms with Gasteiger partial charge in [-0.25, -0.2) is 0 Å². The first kappa shape index (κ1) is 15.4. The van der Waals surface area contributed by atoms with E-state index in [1.165, 1.54) is 0 Å². The molecule has 2 N–H and O–H groups in total. The summed E-state index contributed by atoms with van der Waals surface area (Å²) in [4.78, 5) is 12.0. The Morgan fingerprint density at radius 1 is 1.37 bits per heavy atom. The van der Waals surface area contributed by atoms with Crippen LogP contribution in [-0.2, 0) is 0 Å². The van der Waals surface area contributed by atoms with Crippen LogP contribution in [0.4, 0.5) is 0 Å². The van der Waals surface area contributed by atoms with Crippen LogP contribution in [0, 0.1) is 5.92 Å². The lowest BCUT2D eigenvalue weighted by molar-refractivity contribution is 0.0972. The zero-order valence-electron chi connectivity index (χ0n) is 11.5. The molecule has 0 fully saturated rings.